The van der Waals surface area contributed by atoms with Crippen molar-refractivity contribution in [2.24, 2.45) is 5.73 Å². The molecule has 0 saturated heterocycles. The lowest BCUT2D eigenvalue weighted by Gasteiger charge is -2.11. The Morgan fingerprint density at radius 1 is 0.478 bits per heavy atom. The lowest BCUT2D eigenvalue weighted by molar-refractivity contribution is -0.146. The first-order chi connectivity index (χ1) is 22.6. The third-order valence-corrected chi connectivity index (χ3v) is 8.78. The smallest absolute Gasteiger partial charge is 0.322 e. The average molecular weight is 648 g/mol. The van der Waals surface area contributed by atoms with Gasteiger partial charge in [0.15, 0.2) is 0 Å². The van der Waals surface area contributed by atoms with Crippen molar-refractivity contribution in [1.82, 2.24) is 0 Å². The Kier molecular flexibility index (Phi) is 36.5. The van der Waals surface area contributed by atoms with Crippen LogP contribution in [0.5, 0.6) is 0 Å². The van der Waals surface area contributed by atoms with Gasteiger partial charge in [0.05, 0.1) is 13.2 Å². The molecule has 0 aliphatic heterocycles. The van der Waals surface area contributed by atoms with Crippen LogP contribution in [0.25, 0.3) is 0 Å². The molecule has 0 aromatic rings. The van der Waals surface area contributed by atoms with Crippen LogP contribution >= 0.6 is 0 Å². The van der Waals surface area contributed by atoms with E-state index in [1.165, 1.54) is 154 Å². The maximum atomic E-state index is 12.1. The fraction of sp³-hybridized carbons (Fsp3) is 0.854. The van der Waals surface area contributed by atoms with Crippen molar-refractivity contribution in [2.45, 2.75) is 213 Å². The van der Waals surface area contributed by atoms with Gasteiger partial charge in [0.1, 0.15) is 6.04 Å². The Balaban J connectivity index is 3.44. The van der Waals surface area contributed by atoms with E-state index in [1.807, 2.05) is 0 Å². The predicted molar refractivity (Wildman–Crippen MR) is 198 cm³/mol. The second-order valence-corrected chi connectivity index (χ2v) is 13.4. The van der Waals surface area contributed by atoms with Crippen LogP contribution in [0.3, 0.4) is 0 Å². The normalized spacial score (nSPS) is 12.3. The van der Waals surface area contributed by atoms with E-state index in [0.29, 0.717) is 13.2 Å². The number of unbranched alkanes of at least 4 members (excludes halogenated alkanes) is 24. The van der Waals surface area contributed by atoms with Crippen molar-refractivity contribution in [3.63, 3.8) is 0 Å². The first-order valence-electron chi connectivity index (χ1n) is 20.0. The van der Waals surface area contributed by atoms with Crippen molar-refractivity contribution in [3.05, 3.63) is 24.3 Å². The molecule has 0 amide bonds. The molecule has 46 heavy (non-hydrogen) atoms. The van der Waals surface area contributed by atoms with Crippen LogP contribution in [0.2, 0.25) is 0 Å². The van der Waals surface area contributed by atoms with Crippen molar-refractivity contribution >= 4 is 11.9 Å². The van der Waals surface area contributed by atoms with Gasteiger partial charge >= 0.3 is 11.9 Å². The Hall–Kier alpha value is -1.62. The number of rotatable bonds is 36. The van der Waals surface area contributed by atoms with Gasteiger partial charge < -0.3 is 15.2 Å². The van der Waals surface area contributed by atoms with Crippen LogP contribution in [0.4, 0.5) is 0 Å². The zero-order valence-corrected chi connectivity index (χ0v) is 30.7. The minimum Gasteiger partial charge on any atom is -0.466 e. The lowest BCUT2D eigenvalue weighted by atomic mass is 10.1. The molecule has 0 spiro atoms. The third kappa shape index (κ3) is 35.2. The molecule has 0 aliphatic carbocycles. The summed E-state index contributed by atoms with van der Waals surface area (Å²) in [6, 6.07) is -0.757. The summed E-state index contributed by atoms with van der Waals surface area (Å²) in [6.45, 7) is 5.40. The van der Waals surface area contributed by atoms with Gasteiger partial charge in [0.25, 0.3) is 0 Å². The number of carbonyl (C=O) groups excluding carboxylic acids is 2. The van der Waals surface area contributed by atoms with E-state index < -0.39 is 12.0 Å². The van der Waals surface area contributed by atoms with Crippen molar-refractivity contribution in [3.8, 4) is 0 Å². The standard InChI is InChI=1S/C41H77NO4/c1-3-5-7-9-11-13-15-17-19-21-23-25-27-29-31-33-37-45-40(43)36-35-39(42)41(44)46-38-34-32-30-28-26-24-22-20-18-16-14-12-10-8-6-4-2/h17-20,39H,3-16,21-38,42H2,1-2H3/b19-17-,20-18-/t39-/m0/s1. The molecular formula is C41H77NO4. The molecule has 0 rings (SSSR count). The van der Waals surface area contributed by atoms with Crippen molar-refractivity contribution in [2.75, 3.05) is 13.2 Å². The van der Waals surface area contributed by atoms with Gasteiger partial charge in [-0.25, -0.2) is 0 Å². The van der Waals surface area contributed by atoms with E-state index in [1.54, 1.807) is 0 Å². The number of nitrogens with two attached hydrogens (primary N) is 1. The highest BCUT2D eigenvalue weighted by atomic mass is 16.5. The van der Waals surface area contributed by atoms with E-state index in [-0.39, 0.29) is 18.8 Å². The van der Waals surface area contributed by atoms with Crippen molar-refractivity contribution < 1.29 is 19.1 Å². The van der Waals surface area contributed by atoms with Crippen LogP contribution in [-0.2, 0) is 19.1 Å². The van der Waals surface area contributed by atoms with Gasteiger partial charge in [-0.15, -0.1) is 0 Å². The summed E-state index contributed by atoms with van der Waals surface area (Å²) in [6.07, 6.45) is 45.0. The summed E-state index contributed by atoms with van der Waals surface area (Å²) in [5.74, 6) is -0.682. The molecule has 0 fully saturated rings. The van der Waals surface area contributed by atoms with Gasteiger partial charge in [-0.2, -0.15) is 0 Å². The largest absolute Gasteiger partial charge is 0.466 e. The Bertz CT molecular complexity index is 705. The molecule has 0 radical (unpaired) electrons. The molecule has 1 atom stereocenters. The van der Waals surface area contributed by atoms with Crippen LogP contribution in [0, 0.1) is 0 Å². The van der Waals surface area contributed by atoms with E-state index in [4.69, 9.17) is 15.2 Å². The first kappa shape index (κ1) is 44.4. The summed E-state index contributed by atoms with van der Waals surface area (Å²) in [4.78, 5) is 24.1. The van der Waals surface area contributed by atoms with Gasteiger partial charge in [-0.3, -0.25) is 9.59 Å². The number of hydrogen-bond donors (Lipinski definition) is 1. The molecule has 0 aromatic carbocycles. The van der Waals surface area contributed by atoms with Gasteiger partial charge in [0.2, 0.25) is 0 Å². The molecule has 0 bridgehead atoms. The second-order valence-electron chi connectivity index (χ2n) is 13.4. The average Bonchev–Trinajstić information content (AvgIpc) is 3.06. The van der Waals surface area contributed by atoms with Crippen LogP contribution in [0.15, 0.2) is 24.3 Å². The fourth-order valence-corrected chi connectivity index (χ4v) is 5.63. The summed E-state index contributed by atoms with van der Waals surface area (Å²) in [5, 5.41) is 0. The molecule has 2 N–H and O–H groups in total. The second kappa shape index (κ2) is 37.8. The molecular weight excluding hydrogens is 570 g/mol. The number of hydrogen-bond acceptors (Lipinski definition) is 5. The van der Waals surface area contributed by atoms with E-state index in [9.17, 15) is 9.59 Å². The van der Waals surface area contributed by atoms with E-state index in [0.717, 1.165) is 25.7 Å². The quantitative estimate of drug-likeness (QED) is 0.0416. The maximum absolute atomic E-state index is 12.1. The van der Waals surface area contributed by atoms with E-state index >= 15 is 0 Å². The highest BCUT2D eigenvalue weighted by molar-refractivity contribution is 5.77. The molecule has 5 heteroatoms. The molecule has 0 aliphatic rings. The minimum absolute atomic E-state index is 0.164. The number of ether oxygens (including phenoxy) is 2. The summed E-state index contributed by atoms with van der Waals surface area (Å²) < 4.78 is 10.7. The zero-order chi connectivity index (χ0) is 33.6. The number of allylic oxidation sites excluding steroid dienone is 4. The molecule has 270 valence electrons. The SMILES string of the molecule is CCCCCCCC/C=C\CCCCCCCCOC(=O)CC[C@H](N)C(=O)OCCCCCCCC/C=C\CCCCCCCC. The Morgan fingerprint density at radius 2 is 0.804 bits per heavy atom. The van der Waals surface area contributed by atoms with Crippen LogP contribution in [0.1, 0.15) is 206 Å². The van der Waals surface area contributed by atoms with Crippen LogP contribution < -0.4 is 5.73 Å². The summed E-state index contributed by atoms with van der Waals surface area (Å²) in [7, 11) is 0. The first-order valence-corrected chi connectivity index (χ1v) is 20.0. The van der Waals surface area contributed by atoms with Crippen LogP contribution in [-0.4, -0.2) is 31.2 Å². The molecule has 5 nitrogen and oxygen atoms in total. The molecule has 0 saturated carbocycles. The van der Waals surface area contributed by atoms with Gasteiger partial charge in [-0.1, -0.05) is 154 Å². The maximum Gasteiger partial charge on any atom is 0.322 e. The third-order valence-electron chi connectivity index (χ3n) is 8.78. The molecule has 0 heterocycles. The van der Waals surface area contributed by atoms with Crippen molar-refractivity contribution in [1.29, 1.82) is 0 Å². The van der Waals surface area contributed by atoms with Gasteiger partial charge in [-0.05, 0) is 70.6 Å². The lowest BCUT2D eigenvalue weighted by Crippen LogP contribution is -2.33. The topological polar surface area (TPSA) is 78.6 Å². The number of carbonyl (C=O) groups is 2. The van der Waals surface area contributed by atoms with Gasteiger partial charge in [0, 0.05) is 6.42 Å². The molecule has 0 aromatic heterocycles. The summed E-state index contributed by atoms with van der Waals surface area (Å²) in [5.41, 5.74) is 5.94. The Morgan fingerprint density at radius 3 is 1.20 bits per heavy atom. The summed E-state index contributed by atoms with van der Waals surface area (Å²) >= 11 is 0. The highest BCUT2D eigenvalue weighted by Gasteiger charge is 2.17. The highest BCUT2D eigenvalue weighted by Crippen LogP contribution is 2.12. The molecule has 0 unspecified atom stereocenters. The predicted octanol–water partition coefficient (Wildman–Crippen LogP) is 12.3. The monoisotopic (exact) mass is 648 g/mol. The minimum atomic E-state index is -0.757. The number of esters is 2. The Labute approximate surface area is 286 Å². The van der Waals surface area contributed by atoms with E-state index in [2.05, 4.69) is 38.2 Å². The zero-order valence-electron chi connectivity index (χ0n) is 30.7. The fourth-order valence-electron chi connectivity index (χ4n) is 5.63.